The standard InChI is InChI=1S/C19H29N3O2S/c1-4-19(2,3)21-18(24)22-12-6-10-16(22)17(23)25-13-7-9-15-8-5-11-20-14-15/h5,8,11,14,16H,4,6-7,9-10,12-13H2,1-3H3,(H,21,24). The van der Waals surface area contributed by atoms with Gasteiger partial charge in [-0.15, -0.1) is 0 Å². The van der Waals surface area contributed by atoms with E-state index in [1.165, 1.54) is 17.3 Å². The maximum absolute atomic E-state index is 12.5. The third kappa shape index (κ3) is 6.03. The molecule has 1 N–H and O–H groups in total. The van der Waals surface area contributed by atoms with E-state index in [2.05, 4.69) is 16.4 Å². The third-order valence-electron chi connectivity index (χ3n) is 4.69. The molecule has 1 aliphatic heterocycles. The minimum Gasteiger partial charge on any atom is -0.333 e. The van der Waals surface area contributed by atoms with Crippen molar-refractivity contribution in [1.82, 2.24) is 15.2 Å². The van der Waals surface area contributed by atoms with Crippen LogP contribution in [0.25, 0.3) is 0 Å². The molecule has 2 heterocycles. The molecule has 1 fully saturated rings. The van der Waals surface area contributed by atoms with E-state index in [-0.39, 0.29) is 22.7 Å². The van der Waals surface area contributed by atoms with E-state index in [1.807, 2.05) is 33.0 Å². The molecule has 5 nitrogen and oxygen atoms in total. The maximum Gasteiger partial charge on any atom is 0.318 e. The number of urea groups is 1. The lowest BCUT2D eigenvalue weighted by atomic mass is 10.0. The summed E-state index contributed by atoms with van der Waals surface area (Å²) in [5, 5.41) is 3.16. The van der Waals surface area contributed by atoms with Crippen LogP contribution in [0.15, 0.2) is 24.5 Å². The normalized spacial score (nSPS) is 17.6. The molecule has 138 valence electrons. The van der Waals surface area contributed by atoms with Crippen molar-refractivity contribution in [2.75, 3.05) is 12.3 Å². The van der Waals surface area contributed by atoms with Crippen molar-refractivity contribution in [2.45, 2.75) is 64.5 Å². The Kier molecular flexibility index (Phi) is 7.29. The number of likely N-dealkylation sites (tertiary alicyclic amines) is 1. The van der Waals surface area contributed by atoms with Crippen LogP contribution in [-0.4, -0.2) is 44.9 Å². The molecule has 1 aromatic rings. The SMILES string of the molecule is CCC(C)(C)NC(=O)N1CCCC1C(=O)SCCCc1cccnc1. The largest absolute Gasteiger partial charge is 0.333 e. The number of carbonyl (C=O) groups excluding carboxylic acids is 2. The van der Waals surface area contributed by atoms with Gasteiger partial charge >= 0.3 is 6.03 Å². The molecular weight excluding hydrogens is 334 g/mol. The lowest BCUT2D eigenvalue weighted by molar-refractivity contribution is -0.114. The molecular formula is C19H29N3O2S. The zero-order valence-electron chi connectivity index (χ0n) is 15.5. The van der Waals surface area contributed by atoms with E-state index in [9.17, 15) is 9.59 Å². The first-order chi connectivity index (χ1) is 11.9. The van der Waals surface area contributed by atoms with E-state index < -0.39 is 0 Å². The van der Waals surface area contributed by atoms with Crippen LogP contribution >= 0.6 is 11.8 Å². The molecule has 1 aliphatic rings. The van der Waals surface area contributed by atoms with E-state index >= 15 is 0 Å². The van der Waals surface area contributed by atoms with E-state index in [0.29, 0.717) is 6.54 Å². The van der Waals surface area contributed by atoms with E-state index in [0.717, 1.165) is 37.9 Å². The van der Waals surface area contributed by atoms with Crippen LogP contribution in [0.1, 0.15) is 52.0 Å². The molecule has 2 rings (SSSR count). The molecule has 1 unspecified atom stereocenters. The van der Waals surface area contributed by atoms with Gasteiger partial charge in [0.25, 0.3) is 0 Å². The van der Waals surface area contributed by atoms with Crippen molar-refractivity contribution in [1.29, 1.82) is 0 Å². The molecule has 25 heavy (non-hydrogen) atoms. The minimum absolute atomic E-state index is 0.112. The molecule has 0 aliphatic carbocycles. The quantitative estimate of drug-likeness (QED) is 0.751. The van der Waals surface area contributed by atoms with Crippen LogP contribution in [0.5, 0.6) is 0 Å². The summed E-state index contributed by atoms with van der Waals surface area (Å²) in [4.78, 5) is 30.8. The molecule has 0 saturated carbocycles. The summed E-state index contributed by atoms with van der Waals surface area (Å²) in [6.45, 7) is 6.72. The van der Waals surface area contributed by atoms with Gasteiger partial charge in [-0.1, -0.05) is 24.8 Å². The predicted octanol–water partition coefficient (Wildman–Crippen LogP) is 3.64. The van der Waals surface area contributed by atoms with Crippen molar-refractivity contribution in [3.63, 3.8) is 0 Å². The van der Waals surface area contributed by atoms with Gasteiger partial charge in [0.2, 0.25) is 5.12 Å². The Morgan fingerprint density at radius 1 is 1.44 bits per heavy atom. The lowest BCUT2D eigenvalue weighted by Crippen LogP contribution is -2.52. The summed E-state index contributed by atoms with van der Waals surface area (Å²) >= 11 is 1.36. The number of nitrogens with one attached hydrogen (secondary N) is 1. The van der Waals surface area contributed by atoms with Crippen molar-refractivity contribution >= 4 is 22.9 Å². The molecule has 1 atom stereocenters. The van der Waals surface area contributed by atoms with Gasteiger partial charge in [0.05, 0.1) is 0 Å². The molecule has 1 aromatic heterocycles. The number of aromatic nitrogens is 1. The van der Waals surface area contributed by atoms with Gasteiger partial charge in [0, 0.05) is 30.2 Å². The van der Waals surface area contributed by atoms with Gasteiger partial charge in [-0.2, -0.15) is 0 Å². The van der Waals surface area contributed by atoms with E-state index in [1.54, 1.807) is 11.1 Å². The Labute approximate surface area is 155 Å². The highest BCUT2D eigenvalue weighted by molar-refractivity contribution is 8.13. The van der Waals surface area contributed by atoms with Crippen LogP contribution < -0.4 is 5.32 Å². The number of hydrogen-bond acceptors (Lipinski definition) is 4. The Morgan fingerprint density at radius 2 is 2.24 bits per heavy atom. The zero-order chi connectivity index (χ0) is 18.3. The summed E-state index contributed by atoms with van der Waals surface area (Å²) in [7, 11) is 0. The van der Waals surface area contributed by atoms with Crippen LogP contribution in [-0.2, 0) is 11.2 Å². The summed E-state index contributed by atoms with van der Waals surface area (Å²) in [6, 6.07) is 3.59. The summed E-state index contributed by atoms with van der Waals surface area (Å²) in [5.74, 6) is 0.778. The number of hydrogen-bond donors (Lipinski definition) is 1. The molecule has 2 amide bonds. The maximum atomic E-state index is 12.5. The highest BCUT2D eigenvalue weighted by atomic mass is 32.2. The number of amides is 2. The average Bonchev–Trinajstić information content (AvgIpc) is 3.09. The molecule has 6 heteroatoms. The van der Waals surface area contributed by atoms with Gasteiger partial charge < -0.3 is 10.2 Å². The smallest absolute Gasteiger partial charge is 0.318 e. The summed E-state index contributed by atoms with van der Waals surface area (Å²) < 4.78 is 0. The number of rotatable bonds is 7. The summed E-state index contributed by atoms with van der Waals surface area (Å²) in [6.07, 6.45) is 8.01. The van der Waals surface area contributed by atoms with Crippen molar-refractivity contribution in [2.24, 2.45) is 0 Å². The molecule has 1 saturated heterocycles. The fraction of sp³-hybridized carbons (Fsp3) is 0.632. The number of nitrogens with zero attached hydrogens (tertiary/aromatic N) is 2. The van der Waals surface area contributed by atoms with Crippen LogP contribution in [0.4, 0.5) is 4.79 Å². The average molecular weight is 364 g/mol. The molecule has 0 aromatic carbocycles. The van der Waals surface area contributed by atoms with Crippen molar-refractivity contribution in [3.8, 4) is 0 Å². The Morgan fingerprint density at radius 3 is 2.92 bits per heavy atom. The van der Waals surface area contributed by atoms with E-state index in [4.69, 9.17) is 0 Å². The number of carbonyl (C=O) groups is 2. The first kappa shape index (κ1) is 19.8. The van der Waals surface area contributed by atoms with Gasteiger partial charge in [0.1, 0.15) is 6.04 Å². The second-order valence-corrected chi connectivity index (χ2v) is 8.25. The second kappa shape index (κ2) is 9.22. The first-order valence-corrected chi connectivity index (χ1v) is 10.1. The number of pyridine rings is 1. The Balaban J connectivity index is 1.78. The number of thioether (sulfide) groups is 1. The summed E-state index contributed by atoms with van der Waals surface area (Å²) in [5.41, 5.74) is 0.948. The van der Waals surface area contributed by atoms with Gasteiger partial charge in [-0.05, 0) is 57.6 Å². The highest BCUT2D eigenvalue weighted by Gasteiger charge is 2.35. The predicted molar refractivity (Wildman–Crippen MR) is 103 cm³/mol. The fourth-order valence-corrected chi connectivity index (χ4v) is 3.72. The van der Waals surface area contributed by atoms with Crippen LogP contribution in [0, 0.1) is 0 Å². The monoisotopic (exact) mass is 363 g/mol. The lowest BCUT2D eigenvalue weighted by Gasteiger charge is -2.30. The van der Waals surface area contributed by atoms with Crippen LogP contribution in [0.2, 0.25) is 0 Å². The Hall–Kier alpha value is -1.56. The molecule has 0 spiro atoms. The van der Waals surface area contributed by atoms with Crippen LogP contribution in [0.3, 0.4) is 0 Å². The zero-order valence-corrected chi connectivity index (χ0v) is 16.3. The number of aryl methyl sites for hydroxylation is 1. The molecule has 0 bridgehead atoms. The van der Waals surface area contributed by atoms with Gasteiger partial charge in [-0.3, -0.25) is 9.78 Å². The van der Waals surface area contributed by atoms with Gasteiger partial charge in [-0.25, -0.2) is 4.79 Å². The third-order valence-corrected chi connectivity index (χ3v) is 5.74. The second-order valence-electron chi connectivity index (χ2n) is 7.15. The van der Waals surface area contributed by atoms with Crippen molar-refractivity contribution < 1.29 is 9.59 Å². The minimum atomic E-state index is -0.281. The highest BCUT2D eigenvalue weighted by Crippen LogP contribution is 2.24. The first-order valence-electron chi connectivity index (χ1n) is 9.07. The molecule has 0 radical (unpaired) electrons. The van der Waals surface area contributed by atoms with Gasteiger partial charge in [0.15, 0.2) is 0 Å². The fourth-order valence-electron chi connectivity index (χ4n) is 2.80. The van der Waals surface area contributed by atoms with Crippen molar-refractivity contribution in [3.05, 3.63) is 30.1 Å². The Bertz CT molecular complexity index is 577. The topological polar surface area (TPSA) is 62.3 Å².